The fourth-order valence-electron chi connectivity index (χ4n) is 1.92. The molecule has 0 aromatic carbocycles. The molecule has 1 N–H and O–H groups in total. The van der Waals surface area contributed by atoms with Gasteiger partial charge >= 0.3 is 5.97 Å². The van der Waals surface area contributed by atoms with Gasteiger partial charge in [0, 0.05) is 24.5 Å². The smallest absolute Gasteiger partial charge is 0.334 e. The number of aromatic nitrogens is 1. The lowest BCUT2D eigenvalue weighted by Gasteiger charge is -2.30. The van der Waals surface area contributed by atoms with E-state index in [1.807, 2.05) is 13.8 Å². The lowest BCUT2D eigenvalue weighted by molar-refractivity contribution is -0.156. The average molecular weight is 256 g/mol. The molecule has 1 saturated heterocycles. The first kappa shape index (κ1) is 12.5. The highest BCUT2D eigenvalue weighted by Crippen LogP contribution is 2.20. The standard InChI is InChI=1S/C11H16N2O3S/c1-7-10(17-8(2)12-7)6-13-3-4-16-9(5-13)11(14)15/h9H,3-6H2,1-2H3,(H,14,15). The molecule has 1 fully saturated rings. The molecule has 2 heterocycles. The Morgan fingerprint density at radius 1 is 1.65 bits per heavy atom. The molecule has 2 rings (SSSR count). The summed E-state index contributed by atoms with van der Waals surface area (Å²) in [6.45, 7) is 6.46. The molecule has 0 aliphatic carbocycles. The van der Waals surface area contributed by atoms with Crippen LogP contribution in [0.1, 0.15) is 15.6 Å². The molecule has 6 heteroatoms. The third-order valence-electron chi connectivity index (χ3n) is 2.79. The Labute approximate surface area is 104 Å². The van der Waals surface area contributed by atoms with Crippen LogP contribution < -0.4 is 0 Å². The van der Waals surface area contributed by atoms with Crippen LogP contribution in [-0.2, 0) is 16.1 Å². The number of hydrogen-bond donors (Lipinski definition) is 1. The number of rotatable bonds is 3. The topological polar surface area (TPSA) is 62.7 Å². The normalized spacial score (nSPS) is 21.6. The third-order valence-corrected chi connectivity index (χ3v) is 3.85. The Hall–Kier alpha value is -0.980. The summed E-state index contributed by atoms with van der Waals surface area (Å²) in [4.78, 5) is 18.6. The van der Waals surface area contributed by atoms with E-state index in [0.29, 0.717) is 13.2 Å². The summed E-state index contributed by atoms with van der Waals surface area (Å²) in [6, 6.07) is 0. The lowest BCUT2D eigenvalue weighted by Crippen LogP contribution is -2.45. The maximum absolute atomic E-state index is 10.9. The number of aliphatic carboxylic acids is 1. The predicted octanol–water partition coefficient (Wildman–Crippen LogP) is 1.05. The van der Waals surface area contributed by atoms with Crippen LogP contribution in [0.3, 0.4) is 0 Å². The van der Waals surface area contributed by atoms with Gasteiger partial charge in [0.05, 0.1) is 17.3 Å². The zero-order valence-corrected chi connectivity index (χ0v) is 10.8. The first-order valence-corrected chi connectivity index (χ1v) is 6.37. The minimum absolute atomic E-state index is 0.450. The summed E-state index contributed by atoms with van der Waals surface area (Å²) in [5, 5.41) is 9.98. The molecule has 1 unspecified atom stereocenters. The first-order valence-electron chi connectivity index (χ1n) is 5.56. The summed E-state index contributed by atoms with van der Waals surface area (Å²) in [6.07, 6.45) is -0.696. The van der Waals surface area contributed by atoms with Gasteiger partial charge in [0.2, 0.25) is 0 Å². The van der Waals surface area contributed by atoms with Crippen molar-refractivity contribution >= 4 is 17.3 Å². The van der Waals surface area contributed by atoms with E-state index >= 15 is 0 Å². The number of carbonyl (C=O) groups is 1. The third kappa shape index (κ3) is 3.02. The van der Waals surface area contributed by atoms with Gasteiger partial charge in [-0.05, 0) is 13.8 Å². The van der Waals surface area contributed by atoms with Crippen molar-refractivity contribution in [1.82, 2.24) is 9.88 Å². The van der Waals surface area contributed by atoms with Gasteiger partial charge in [-0.1, -0.05) is 0 Å². The summed E-state index contributed by atoms with van der Waals surface area (Å²) in [7, 11) is 0. The molecule has 1 aromatic rings. The number of ether oxygens (including phenoxy) is 1. The number of thiazole rings is 1. The number of hydrogen-bond acceptors (Lipinski definition) is 5. The minimum atomic E-state index is -0.882. The summed E-state index contributed by atoms with van der Waals surface area (Å²) in [5.41, 5.74) is 1.05. The second-order valence-electron chi connectivity index (χ2n) is 4.17. The molecule has 0 spiro atoms. The summed E-state index contributed by atoms with van der Waals surface area (Å²) in [5.74, 6) is -0.882. The van der Waals surface area contributed by atoms with Crippen molar-refractivity contribution in [3.63, 3.8) is 0 Å². The van der Waals surface area contributed by atoms with Crippen LogP contribution in [0.5, 0.6) is 0 Å². The van der Waals surface area contributed by atoms with Crippen LogP contribution >= 0.6 is 11.3 Å². The van der Waals surface area contributed by atoms with Gasteiger partial charge < -0.3 is 9.84 Å². The monoisotopic (exact) mass is 256 g/mol. The molecule has 1 aliphatic rings. The fourth-order valence-corrected chi connectivity index (χ4v) is 2.90. The predicted molar refractivity (Wildman–Crippen MR) is 64.2 cm³/mol. The molecule has 0 bridgehead atoms. The van der Waals surface area contributed by atoms with Crippen LogP contribution in [0, 0.1) is 13.8 Å². The Balaban J connectivity index is 1.99. The molecular formula is C11H16N2O3S. The number of morpholine rings is 1. The van der Waals surface area contributed by atoms with Crippen LogP contribution in [-0.4, -0.2) is 46.8 Å². The lowest BCUT2D eigenvalue weighted by atomic mass is 10.2. The van der Waals surface area contributed by atoms with Crippen LogP contribution in [0.25, 0.3) is 0 Å². The van der Waals surface area contributed by atoms with Crippen LogP contribution in [0.15, 0.2) is 0 Å². The Kier molecular flexibility index (Phi) is 3.76. The number of aryl methyl sites for hydroxylation is 2. The SMILES string of the molecule is Cc1nc(C)c(CN2CCOC(C(=O)O)C2)s1. The highest BCUT2D eigenvalue weighted by Gasteiger charge is 2.26. The van der Waals surface area contributed by atoms with Crippen LogP contribution in [0.2, 0.25) is 0 Å². The van der Waals surface area contributed by atoms with Crippen molar-refractivity contribution < 1.29 is 14.6 Å². The maximum atomic E-state index is 10.9. The molecule has 94 valence electrons. The van der Waals surface area contributed by atoms with E-state index in [1.165, 1.54) is 4.88 Å². The molecule has 17 heavy (non-hydrogen) atoms. The van der Waals surface area contributed by atoms with Crippen molar-refractivity contribution in [3.8, 4) is 0 Å². The van der Waals surface area contributed by atoms with E-state index in [0.717, 1.165) is 23.8 Å². The number of nitrogens with zero attached hydrogens (tertiary/aromatic N) is 2. The zero-order valence-electron chi connectivity index (χ0n) is 9.97. The molecule has 0 amide bonds. The average Bonchev–Trinajstić information content (AvgIpc) is 2.58. The molecule has 1 aromatic heterocycles. The second kappa shape index (κ2) is 5.12. The Bertz CT molecular complexity index is 419. The first-order chi connectivity index (χ1) is 8.06. The van der Waals surface area contributed by atoms with Gasteiger partial charge in [-0.3, -0.25) is 4.90 Å². The van der Waals surface area contributed by atoms with Crippen molar-refractivity contribution in [3.05, 3.63) is 15.6 Å². The van der Waals surface area contributed by atoms with Gasteiger partial charge in [0.1, 0.15) is 0 Å². The molecule has 0 radical (unpaired) electrons. The number of carboxylic acid groups (broad SMARTS) is 1. The summed E-state index contributed by atoms with van der Waals surface area (Å²) >= 11 is 1.68. The van der Waals surface area contributed by atoms with Gasteiger partial charge in [0.25, 0.3) is 0 Å². The van der Waals surface area contributed by atoms with E-state index in [1.54, 1.807) is 11.3 Å². The second-order valence-corrected chi connectivity index (χ2v) is 5.46. The van der Waals surface area contributed by atoms with Gasteiger partial charge in [-0.25, -0.2) is 9.78 Å². The molecule has 5 nitrogen and oxygen atoms in total. The fraction of sp³-hybridized carbons (Fsp3) is 0.636. The Morgan fingerprint density at radius 2 is 2.41 bits per heavy atom. The molecule has 1 atom stereocenters. The highest BCUT2D eigenvalue weighted by atomic mass is 32.1. The van der Waals surface area contributed by atoms with Crippen molar-refractivity contribution in [1.29, 1.82) is 0 Å². The van der Waals surface area contributed by atoms with E-state index in [2.05, 4.69) is 9.88 Å². The van der Waals surface area contributed by atoms with E-state index < -0.39 is 12.1 Å². The van der Waals surface area contributed by atoms with Crippen molar-refractivity contribution in [2.75, 3.05) is 19.7 Å². The Morgan fingerprint density at radius 3 is 3.00 bits per heavy atom. The zero-order chi connectivity index (χ0) is 12.4. The largest absolute Gasteiger partial charge is 0.479 e. The summed E-state index contributed by atoms with van der Waals surface area (Å²) < 4.78 is 5.19. The highest BCUT2D eigenvalue weighted by molar-refractivity contribution is 7.11. The minimum Gasteiger partial charge on any atom is -0.479 e. The molecule has 0 saturated carbocycles. The van der Waals surface area contributed by atoms with Gasteiger partial charge in [-0.15, -0.1) is 11.3 Å². The van der Waals surface area contributed by atoms with E-state index in [9.17, 15) is 4.79 Å². The van der Waals surface area contributed by atoms with E-state index in [-0.39, 0.29) is 0 Å². The molecular weight excluding hydrogens is 240 g/mol. The van der Waals surface area contributed by atoms with Gasteiger partial charge in [-0.2, -0.15) is 0 Å². The van der Waals surface area contributed by atoms with Crippen LogP contribution in [0.4, 0.5) is 0 Å². The van der Waals surface area contributed by atoms with Crippen molar-refractivity contribution in [2.45, 2.75) is 26.5 Å². The van der Waals surface area contributed by atoms with Crippen molar-refractivity contribution in [2.24, 2.45) is 0 Å². The maximum Gasteiger partial charge on any atom is 0.334 e. The number of carboxylic acids is 1. The quantitative estimate of drug-likeness (QED) is 0.875. The van der Waals surface area contributed by atoms with Gasteiger partial charge in [0.15, 0.2) is 6.10 Å². The molecule has 1 aliphatic heterocycles. The van der Waals surface area contributed by atoms with E-state index in [4.69, 9.17) is 9.84 Å².